The molecule has 0 bridgehead atoms. The number of ether oxygens (including phenoxy) is 3. The lowest BCUT2D eigenvalue weighted by molar-refractivity contribution is -0.0338. The molecule has 1 N–H and O–H groups in total. The summed E-state index contributed by atoms with van der Waals surface area (Å²) in [6.45, 7) is 7.50. The van der Waals surface area contributed by atoms with Crippen molar-refractivity contribution in [1.82, 2.24) is 0 Å². The Bertz CT molecular complexity index is 440. The van der Waals surface area contributed by atoms with Gasteiger partial charge in [0, 0.05) is 13.2 Å². The highest BCUT2D eigenvalue weighted by Gasteiger charge is 2.24. The molecule has 1 aromatic rings. The second-order valence-electron chi connectivity index (χ2n) is 5.91. The summed E-state index contributed by atoms with van der Waals surface area (Å²) >= 11 is 0. The third-order valence-electron chi connectivity index (χ3n) is 3.74. The van der Waals surface area contributed by atoms with Crippen molar-refractivity contribution in [3.05, 3.63) is 23.8 Å². The molecule has 0 spiro atoms. The zero-order valence-electron chi connectivity index (χ0n) is 13.5. The van der Waals surface area contributed by atoms with E-state index >= 15 is 0 Å². The van der Waals surface area contributed by atoms with Crippen molar-refractivity contribution in [2.45, 2.75) is 51.9 Å². The Labute approximate surface area is 127 Å². The number of anilines is 1. The van der Waals surface area contributed by atoms with Gasteiger partial charge in [-0.1, -0.05) is 6.07 Å². The zero-order valence-corrected chi connectivity index (χ0v) is 13.5. The summed E-state index contributed by atoms with van der Waals surface area (Å²) < 4.78 is 16.7. The highest BCUT2D eigenvalue weighted by Crippen LogP contribution is 2.29. The Hall–Kier alpha value is -1.26. The minimum atomic E-state index is 0.301. The van der Waals surface area contributed by atoms with Crippen LogP contribution in [0.3, 0.4) is 0 Å². The van der Waals surface area contributed by atoms with Crippen molar-refractivity contribution in [3.63, 3.8) is 0 Å². The van der Waals surface area contributed by atoms with Crippen LogP contribution in [0.4, 0.5) is 5.69 Å². The lowest BCUT2D eigenvalue weighted by Crippen LogP contribution is -2.37. The van der Waals surface area contributed by atoms with E-state index < -0.39 is 0 Å². The molecule has 0 aliphatic carbocycles. The number of benzene rings is 1. The van der Waals surface area contributed by atoms with Crippen LogP contribution in [0.5, 0.6) is 5.75 Å². The van der Waals surface area contributed by atoms with E-state index in [0.29, 0.717) is 31.5 Å². The molecular formula is C17H27NO3. The summed E-state index contributed by atoms with van der Waals surface area (Å²) in [6.07, 6.45) is 2.65. The molecule has 1 aliphatic heterocycles. The molecule has 118 valence electrons. The van der Waals surface area contributed by atoms with Crippen LogP contribution in [0.15, 0.2) is 18.2 Å². The summed E-state index contributed by atoms with van der Waals surface area (Å²) in [5, 5.41) is 3.62. The van der Waals surface area contributed by atoms with Crippen molar-refractivity contribution in [2.24, 2.45) is 0 Å². The van der Waals surface area contributed by atoms with Crippen molar-refractivity contribution < 1.29 is 14.2 Å². The van der Waals surface area contributed by atoms with E-state index in [1.54, 1.807) is 7.11 Å². The Morgan fingerprint density at radius 1 is 1.19 bits per heavy atom. The molecule has 0 amide bonds. The van der Waals surface area contributed by atoms with E-state index in [2.05, 4.69) is 44.3 Å². The van der Waals surface area contributed by atoms with Gasteiger partial charge in [0.2, 0.25) is 0 Å². The van der Waals surface area contributed by atoms with Crippen LogP contribution in [-0.2, 0) is 9.47 Å². The number of rotatable bonds is 6. The molecule has 1 aliphatic rings. The van der Waals surface area contributed by atoms with Gasteiger partial charge in [-0.2, -0.15) is 0 Å². The number of methoxy groups -OCH3 is 1. The molecule has 1 heterocycles. The molecule has 0 aromatic heterocycles. The van der Waals surface area contributed by atoms with Crippen LogP contribution < -0.4 is 10.1 Å². The fraction of sp³-hybridized carbons (Fsp3) is 0.647. The number of aryl methyl sites for hydroxylation is 1. The lowest BCUT2D eigenvalue weighted by Gasteiger charge is -2.33. The molecule has 1 aromatic carbocycles. The third kappa shape index (κ3) is 4.90. The molecular weight excluding hydrogens is 266 g/mol. The predicted octanol–water partition coefficient (Wildman–Crippen LogP) is 3.39. The van der Waals surface area contributed by atoms with E-state index in [0.717, 1.165) is 24.3 Å². The van der Waals surface area contributed by atoms with E-state index in [-0.39, 0.29) is 0 Å². The van der Waals surface area contributed by atoms with E-state index in [4.69, 9.17) is 14.2 Å². The van der Waals surface area contributed by atoms with Gasteiger partial charge in [-0.15, -0.1) is 0 Å². The molecule has 0 saturated carbocycles. The Morgan fingerprint density at radius 3 is 2.57 bits per heavy atom. The van der Waals surface area contributed by atoms with E-state index in [1.807, 2.05) is 0 Å². The van der Waals surface area contributed by atoms with Crippen LogP contribution in [-0.4, -0.2) is 38.6 Å². The first-order chi connectivity index (χ1) is 10.1. The summed E-state index contributed by atoms with van der Waals surface area (Å²) in [6, 6.07) is 6.71. The van der Waals surface area contributed by atoms with E-state index in [1.165, 1.54) is 5.56 Å². The quantitative estimate of drug-likeness (QED) is 0.816. The highest BCUT2D eigenvalue weighted by atomic mass is 16.5. The van der Waals surface area contributed by atoms with Gasteiger partial charge in [-0.05, 0) is 51.3 Å². The largest absolute Gasteiger partial charge is 0.489 e. The molecule has 2 unspecified atom stereocenters. The molecule has 21 heavy (non-hydrogen) atoms. The number of nitrogens with one attached hydrogen (secondary N) is 1. The summed E-state index contributed by atoms with van der Waals surface area (Å²) in [7, 11) is 1.68. The first-order valence-electron chi connectivity index (χ1n) is 7.73. The van der Waals surface area contributed by atoms with Gasteiger partial charge in [-0.3, -0.25) is 0 Å². The molecule has 4 nitrogen and oxygen atoms in total. The van der Waals surface area contributed by atoms with Gasteiger partial charge in [-0.25, -0.2) is 0 Å². The van der Waals surface area contributed by atoms with Crippen LogP contribution in [0.25, 0.3) is 0 Å². The number of hydrogen-bond donors (Lipinski definition) is 1. The van der Waals surface area contributed by atoms with Gasteiger partial charge >= 0.3 is 0 Å². The maximum Gasteiger partial charge on any atom is 0.142 e. The van der Waals surface area contributed by atoms with Gasteiger partial charge in [0.1, 0.15) is 12.4 Å². The smallest absolute Gasteiger partial charge is 0.142 e. The minimum absolute atomic E-state index is 0.301. The van der Waals surface area contributed by atoms with Crippen molar-refractivity contribution in [1.29, 1.82) is 0 Å². The van der Waals surface area contributed by atoms with Crippen LogP contribution in [0.1, 0.15) is 32.3 Å². The van der Waals surface area contributed by atoms with Crippen LogP contribution in [0, 0.1) is 6.92 Å². The van der Waals surface area contributed by atoms with Gasteiger partial charge in [0.15, 0.2) is 0 Å². The van der Waals surface area contributed by atoms with E-state index in [9.17, 15) is 0 Å². The third-order valence-corrected chi connectivity index (χ3v) is 3.74. The Morgan fingerprint density at radius 2 is 1.90 bits per heavy atom. The van der Waals surface area contributed by atoms with Gasteiger partial charge in [0.25, 0.3) is 0 Å². The zero-order chi connectivity index (χ0) is 15.2. The molecule has 4 heteroatoms. The lowest BCUT2D eigenvalue weighted by atomic mass is 9.99. The molecule has 0 radical (unpaired) electrons. The van der Waals surface area contributed by atoms with Crippen molar-refractivity contribution in [3.8, 4) is 5.75 Å². The van der Waals surface area contributed by atoms with Crippen molar-refractivity contribution >= 4 is 5.69 Å². The predicted molar refractivity (Wildman–Crippen MR) is 85.2 cm³/mol. The van der Waals surface area contributed by atoms with Crippen molar-refractivity contribution in [2.75, 3.05) is 25.6 Å². The maximum atomic E-state index is 5.83. The Balaban J connectivity index is 2.04. The van der Waals surface area contributed by atoms with Crippen LogP contribution >= 0.6 is 0 Å². The molecule has 1 saturated heterocycles. The standard InChI is InChI=1S/C17H27NO3/c1-12-5-6-16(17(9-12)20-8-7-19-4)18-15-10-13(2)21-14(3)11-15/h5-6,9,13-15,18H,7-8,10-11H2,1-4H3. The second kappa shape index (κ2) is 7.66. The minimum Gasteiger partial charge on any atom is -0.489 e. The normalized spacial score (nSPS) is 25.6. The van der Waals surface area contributed by atoms with Crippen LogP contribution in [0.2, 0.25) is 0 Å². The molecule has 2 rings (SSSR count). The summed E-state index contributed by atoms with van der Waals surface area (Å²) in [5.41, 5.74) is 2.25. The topological polar surface area (TPSA) is 39.7 Å². The molecule has 2 atom stereocenters. The highest BCUT2D eigenvalue weighted by molar-refractivity contribution is 5.58. The fourth-order valence-electron chi connectivity index (χ4n) is 2.85. The maximum absolute atomic E-state index is 5.83. The second-order valence-corrected chi connectivity index (χ2v) is 5.91. The van der Waals surface area contributed by atoms with Gasteiger partial charge in [0.05, 0.1) is 24.5 Å². The first kappa shape index (κ1) is 16.1. The van der Waals surface area contributed by atoms with Gasteiger partial charge < -0.3 is 19.5 Å². The molecule has 1 fully saturated rings. The average molecular weight is 293 g/mol. The first-order valence-corrected chi connectivity index (χ1v) is 7.73. The Kier molecular flexibility index (Phi) is 5.88. The number of hydrogen-bond acceptors (Lipinski definition) is 4. The SMILES string of the molecule is COCCOc1cc(C)ccc1NC1CC(C)OC(C)C1. The fourth-order valence-corrected chi connectivity index (χ4v) is 2.85. The average Bonchev–Trinajstić information content (AvgIpc) is 2.41. The summed E-state index contributed by atoms with van der Waals surface area (Å²) in [4.78, 5) is 0. The monoisotopic (exact) mass is 293 g/mol. The summed E-state index contributed by atoms with van der Waals surface area (Å²) in [5.74, 6) is 0.902.